The van der Waals surface area contributed by atoms with E-state index in [1.54, 1.807) is 7.11 Å². The third kappa shape index (κ3) is 6.51. The van der Waals surface area contributed by atoms with Crippen molar-refractivity contribution in [1.29, 1.82) is 0 Å². The molecule has 2 aliphatic heterocycles. The van der Waals surface area contributed by atoms with E-state index in [2.05, 4.69) is 25.7 Å². The molecule has 2 aliphatic rings. The molecule has 2 heterocycles. The zero-order valence-electron chi connectivity index (χ0n) is 19.1. The van der Waals surface area contributed by atoms with Gasteiger partial charge in [-0.15, -0.1) is 0 Å². The summed E-state index contributed by atoms with van der Waals surface area (Å²) in [7, 11) is 1.58. The van der Waals surface area contributed by atoms with E-state index in [0.29, 0.717) is 24.3 Å². The van der Waals surface area contributed by atoms with E-state index in [-0.39, 0.29) is 36.5 Å². The Bertz CT molecular complexity index is 745. The molecule has 1 aromatic carbocycles. The van der Waals surface area contributed by atoms with Gasteiger partial charge in [-0.25, -0.2) is 0 Å². The summed E-state index contributed by atoms with van der Waals surface area (Å²) in [4.78, 5) is 2.47. The first-order valence-corrected chi connectivity index (χ1v) is 11.3. The lowest BCUT2D eigenvalue weighted by molar-refractivity contribution is -0.135. The minimum Gasteiger partial charge on any atom is -0.493 e. The summed E-state index contributed by atoms with van der Waals surface area (Å²) < 4.78 is 48.2. The van der Waals surface area contributed by atoms with Crippen LogP contribution < -0.4 is 9.47 Å². The highest BCUT2D eigenvalue weighted by Crippen LogP contribution is 2.44. The molecule has 0 unspecified atom stereocenters. The van der Waals surface area contributed by atoms with Gasteiger partial charge in [0.1, 0.15) is 0 Å². The topological polar surface area (TPSA) is 41.9 Å². The zero-order valence-corrected chi connectivity index (χ0v) is 19.1. The number of methoxy groups -OCH3 is 1. The van der Waals surface area contributed by atoms with Crippen molar-refractivity contribution >= 4 is 0 Å². The fourth-order valence-corrected chi connectivity index (χ4v) is 4.97. The summed E-state index contributed by atoms with van der Waals surface area (Å²) in [5, 5.41) is 10.8. The van der Waals surface area contributed by atoms with E-state index in [0.717, 1.165) is 25.9 Å². The van der Waals surface area contributed by atoms with Crippen molar-refractivity contribution in [1.82, 2.24) is 4.90 Å². The summed E-state index contributed by atoms with van der Waals surface area (Å²) >= 11 is 0. The lowest BCUT2D eigenvalue weighted by Crippen LogP contribution is -2.48. The first kappa shape index (κ1) is 24.2. The Balaban J connectivity index is 1.68. The highest BCUT2D eigenvalue weighted by atomic mass is 19.4. The van der Waals surface area contributed by atoms with Gasteiger partial charge in [-0.2, -0.15) is 13.2 Å². The molecule has 31 heavy (non-hydrogen) atoms. The first-order valence-electron chi connectivity index (χ1n) is 11.3. The van der Waals surface area contributed by atoms with E-state index in [1.165, 1.54) is 11.1 Å². The van der Waals surface area contributed by atoms with Crippen molar-refractivity contribution < 1.29 is 27.8 Å². The lowest BCUT2D eigenvalue weighted by atomic mass is 9.75. The van der Waals surface area contributed by atoms with Crippen molar-refractivity contribution in [2.75, 3.05) is 26.8 Å². The largest absolute Gasteiger partial charge is 0.493 e. The van der Waals surface area contributed by atoms with E-state index in [1.807, 2.05) is 12.1 Å². The number of rotatable bonds is 7. The second-order valence-electron chi connectivity index (χ2n) is 10.2. The molecular formula is C24H36F3NO3. The van der Waals surface area contributed by atoms with E-state index >= 15 is 0 Å². The molecule has 0 bridgehead atoms. The number of hydrogen-bond acceptors (Lipinski definition) is 4. The number of fused-ring (bicyclic) bond motifs is 3. The number of ether oxygens (including phenoxy) is 2. The van der Waals surface area contributed by atoms with Gasteiger partial charge in [0, 0.05) is 25.6 Å². The number of hydrogen-bond donors (Lipinski definition) is 1. The maximum atomic E-state index is 12.3. The van der Waals surface area contributed by atoms with Crippen molar-refractivity contribution in [3.8, 4) is 11.5 Å². The highest BCUT2D eigenvalue weighted by Gasteiger charge is 2.39. The molecular weight excluding hydrogens is 407 g/mol. The monoisotopic (exact) mass is 443 g/mol. The molecule has 1 aromatic rings. The van der Waals surface area contributed by atoms with Gasteiger partial charge in [-0.05, 0) is 66.7 Å². The molecule has 0 radical (unpaired) electrons. The minimum atomic E-state index is -4.12. The van der Waals surface area contributed by atoms with Gasteiger partial charge in [-0.3, -0.25) is 4.90 Å². The average Bonchev–Trinajstić information content (AvgIpc) is 2.66. The molecule has 0 saturated carbocycles. The number of unbranched alkanes of at least 4 members (excludes halogenated alkanes) is 1. The molecule has 176 valence electrons. The van der Waals surface area contributed by atoms with Gasteiger partial charge in [0.25, 0.3) is 0 Å². The summed E-state index contributed by atoms with van der Waals surface area (Å²) in [5.41, 5.74) is 2.52. The molecule has 7 heteroatoms. The third-order valence-electron chi connectivity index (χ3n) is 6.36. The molecule has 1 fully saturated rings. The van der Waals surface area contributed by atoms with Crippen LogP contribution in [0.4, 0.5) is 13.2 Å². The van der Waals surface area contributed by atoms with Crippen LogP contribution in [0.1, 0.15) is 70.0 Å². The summed E-state index contributed by atoms with van der Waals surface area (Å²) in [6.07, 6.45) is -2.25. The molecule has 0 amide bonds. The molecule has 3 rings (SSSR count). The van der Waals surface area contributed by atoms with Crippen LogP contribution >= 0.6 is 0 Å². The maximum absolute atomic E-state index is 12.3. The first-order chi connectivity index (χ1) is 14.5. The van der Waals surface area contributed by atoms with Crippen LogP contribution in [0, 0.1) is 11.3 Å². The van der Waals surface area contributed by atoms with Crippen molar-refractivity contribution in [3.05, 3.63) is 23.3 Å². The van der Waals surface area contributed by atoms with Gasteiger partial charge < -0.3 is 14.6 Å². The Morgan fingerprint density at radius 3 is 2.52 bits per heavy atom. The maximum Gasteiger partial charge on any atom is 0.389 e. The number of benzene rings is 1. The third-order valence-corrected chi connectivity index (χ3v) is 6.36. The van der Waals surface area contributed by atoms with Crippen molar-refractivity contribution in [2.24, 2.45) is 11.3 Å². The van der Waals surface area contributed by atoms with Crippen LogP contribution in [0.25, 0.3) is 0 Å². The SMILES string of the molecule is COc1cc2c(cc1OCCCCC(F)(F)F)CCN1C[C@@H](CC(C)(C)C)[C@H](O)C[C@H]21. The fourth-order valence-electron chi connectivity index (χ4n) is 4.97. The molecule has 1 saturated heterocycles. The molecule has 0 aliphatic carbocycles. The number of piperidine rings is 1. The normalized spacial score (nSPS) is 24.5. The number of aliphatic hydroxyl groups excluding tert-OH is 1. The standard InChI is InChI=1S/C24H36F3NO3/c1-23(2,3)14-17-15-28-9-7-16-11-22(31-10-6-5-8-24(25,26)27)21(30-4)12-18(16)19(28)13-20(17)29/h11-12,17,19-20,29H,5-10,13-15H2,1-4H3/t17-,19-,20-/m1/s1. The van der Waals surface area contributed by atoms with Crippen LogP contribution in [0.2, 0.25) is 0 Å². The lowest BCUT2D eigenvalue weighted by Gasteiger charge is -2.47. The summed E-state index contributed by atoms with van der Waals surface area (Å²) in [6, 6.07) is 4.13. The number of halogens is 3. The fraction of sp³-hybridized carbons (Fsp3) is 0.750. The molecule has 0 spiro atoms. The van der Waals surface area contributed by atoms with E-state index < -0.39 is 12.6 Å². The van der Waals surface area contributed by atoms with Crippen LogP contribution in [0.5, 0.6) is 11.5 Å². The van der Waals surface area contributed by atoms with E-state index in [4.69, 9.17) is 9.47 Å². The van der Waals surface area contributed by atoms with Crippen molar-refractivity contribution in [3.63, 3.8) is 0 Å². The molecule has 0 aromatic heterocycles. The Hall–Kier alpha value is -1.47. The van der Waals surface area contributed by atoms with Crippen LogP contribution in [0.15, 0.2) is 12.1 Å². The Morgan fingerprint density at radius 1 is 1.13 bits per heavy atom. The quantitative estimate of drug-likeness (QED) is 0.563. The smallest absolute Gasteiger partial charge is 0.389 e. The summed E-state index contributed by atoms with van der Waals surface area (Å²) in [6.45, 7) is 8.70. The number of aliphatic hydroxyl groups is 1. The predicted octanol–water partition coefficient (Wildman–Crippen LogP) is 5.52. The van der Waals surface area contributed by atoms with Crippen LogP contribution in [0.3, 0.4) is 0 Å². The Kier molecular flexibility index (Phi) is 7.47. The predicted molar refractivity (Wildman–Crippen MR) is 115 cm³/mol. The zero-order chi connectivity index (χ0) is 22.8. The molecule has 1 N–H and O–H groups in total. The van der Waals surface area contributed by atoms with Gasteiger partial charge in [-0.1, -0.05) is 20.8 Å². The van der Waals surface area contributed by atoms with Gasteiger partial charge in [0.05, 0.1) is 19.8 Å². The van der Waals surface area contributed by atoms with Crippen molar-refractivity contribution in [2.45, 2.75) is 77.6 Å². The second kappa shape index (κ2) is 9.57. The molecule has 3 atom stereocenters. The Labute approximate surface area is 183 Å². The van der Waals surface area contributed by atoms with Crippen LogP contribution in [-0.2, 0) is 6.42 Å². The minimum absolute atomic E-state index is 0.0570. The number of alkyl halides is 3. The van der Waals surface area contributed by atoms with Gasteiger partial charge >= 0.3 is 6.18 Å². The number of nitrogens with zero attached hydrogens (tertiary/aromatic N) is 1. The van der Waals surface area contributed by atoms with Gasteiger partial charge in [0.2, 0.25) is 0 Å². The average molecular weight is 444 g/mol. The second-order valence-corrected chi connectivity index (χ2v) is 10.2. The summed E-state index contributed by atoms with van der Waals surface area (Å²) in [5.74, 6) is 1.46. The van der Waals surface area contributed by atoms with Gasteiger partial charge in [0.15, 0.2) is 11.5 Å². The Morgan fingerprint density at radius 2 is 1.87 bits per heavy atom. The molecule has 4 nitrogen and oxygen atoms in total. The van der Waals surface area contributed by atoms with Crippen LogP contribution in [-0.4, -0.2) is 49.1 Å². The highest BCUT2D eigenvalue weighted by molar-refractivity contribution is 5.49. The van der Waals surface area contributed by atoms with E-state index in [9.17, 15) is 18.3 Å².